The molecule has 4 N–H and O–H groups in total. The molecule has 0 fully saturated rings. The summed E-state index contributed by atoms with van der Waals surface area (Å²) in [6.07, 6.45) is -2.41. The number of hydrogen-bond acceptors (Lipinski definition) is 4. The van der Waals surface area contributed by atoms with E-state index in [1.165, 1.54) is 12.3 Å². The molecule has 1 rings (SSSR count). The standard InChI is InChI=1S/C8H8BrFN2O3/c9-3-1-4(7(10)12-2-3)5(13)6(14)8(11)15/h1-2,5-6,13-14H,(H2,11,15). The molecule has 2 atom stereocenters. The molecule has 15 heavy (non-hydrogen) atoms. The van der Waals surface area contributed by atoms with Crippen LogP contribution in [0.15, 0.2) is 16.7 Å². The molecule has 0 bridgehead atoms. The largest absolute Gasteiger partial charge is 0.385 e. The minimum atomic E-state index is -1.87. The molecule has 0 aromatic carbocycles. The van der Waals surface area contributed by atoms with Crippen LogP contribution in [0.5, 0.6) is 0 Å². The van der Waals surface area contributed by atoms with Gasteiger partial charge in [0.2, 0.25) is 11.9 Å². The van der Waals surface area contributed by atoms with Crippen molar-refractivity contribution < 1.29 is 19.4 Å². The summed E-state index contributed by atoms with van der Waals surface area (Å²) in [5, 5.41) is 18.5. The van der Waals surface area contributed by atoms with Crippen LogP contribution in [0.4, 0.5) is 4.39 Å². The van der Waals surface area contributed by atoms with Crippen LogP contribution in [0.3, 0.4) is 0 Å². The Hall–Kier alpha value is -1.05. The summed E-state index contributed by atoms with van der Waals surface area (Å²) in [4.78, 5) is 13.9. The Labute approximate surface area is 92.9 Å². The van der Waals surface area contributed by atoms with E-state index in [0.29, 0.717) is 4.47 Å². The minimum Gasteiger partial charge on any atom is -0.385 e. The molecule has 2 unspecified atom stereocenters. The summed E-state index contributed by atoms with van der Waals surface area (Å²) in [5.74, 6) is -2.10. The lowest BCUT2D eigenvalue weighted by atomic mass is 10.1. The van der Waals surface area contributed by atoms with Gasteiger partial charge < -0.3 is 15.9 Å². The SMILES string of the molecule is NC(=O)C(O)C(O)c1cc(Br)cnc1F. The van der Waals surface area contributed by atoms with Gasteiger partial charge in [-0.2, -0.15) is 4.39 Å². The van der Waals surface area contributed by atoms with Gasteiger partial charge in [0, 0.05) is 16.2 Å². The van der Waals surface area contributed by atoms with Gasteiger partial charge in [0.15, 0.2) is 6.10 Å². The normalized spacial score (nSPS) is 14.7. The first kappa shape index (κ1) is 12.0. The molecule has 0 radical (unpaired) electrons. The molecular weight excluding hydrogens is 271 g/mol. The first-order valence-electron chi connectivity index (χ1n) is 3.90. The monoisotopic (exact) mass is 278 g/mol. The molecule has 5 nitrogen and oxygen atoms in total. The second-order valence-corrected chi connectivity index (χ2v) is 3.74. The number of amides is 1. The third-order valence-electron chi connectivity index (χ3n) is 1.74. The fraction of sp³-hybridized carbons (Fsp3) is 0.250. The number of carbonyl (C=O) groups excluding carboxylic acids is 1. The fourth-order valence-electron chi connectivity index (χ4n) is 0.971. The van der Waals surface area contributed by atoms with Crippen molar-refractivity contribution in [2.24, 2.45) is 5.73 Å². The second kappa shape index (κ2) is 4.65. The molecule has 1 aromatic heterocycles. The maximum atomic E-state index is 13.1. The number of aromatic nitrogens is 1. The molecule has 0 spiro atoms. The van der Waals surface area contributed by atoms with Crippen LogP contribution in [0, 0.1) is 5.95 Å². The Kier molecular flexibility index (Phi) is 3.72. The van der Waals surface area contributed by atoms with Gasteiger partial charge in [0.25, 0.3) is 0 Å². The molecule has 0 aliphatic rings. The highest BCUT2D eigenvalue weighted by molar-refractivity contribution is 9.10. The number of rotatable bonds is 3. The Morgan fingerprint density at radius 1 is 1.60 bits per heavy atom. The number of aliphatic hydroxyl groups excluding tert-OH is 2. The van der Waals surface area contributed by atoms with Gasteiger partial charge in [-0.05, 0) is 22.0 Å². The first-order chi connectivity index (χ1) is 6.93. The van der Waals surface area contributed by atoms with Crippen molar-refractivity contribution in [2.75, 3.05) is 0 Å². The Balaban J connectivity index is 3.04. The number of nitrogens with zero attached hydrogens (tertiary/aromatic N) is 1. The van der Waals surface area contributed by atoms with Crippen molar-refractivity contribution in [3.8, 4) is 0 Å². The summed E-state index contributed by atoms with van der Waals surface area (Å²) < 4.78 is 13.5. The van der Waals surface area contributed by atoms with Crippen molar-refractivity contribution in [3.63, 3.8) is 0 Å². The Morgan fingerprint density at radius 2 is 2.20 bits per heavy atom. The lowest BCUT2D eigenvalue weighted by Gasteiger charge is -2.15. The predicted molar refractivity (Wildman–Crippen MR) is 52.1 cm³/mol. The van der Waals surface area contributed by atoms with Gasteiger partial charge in [0.05, 0.1) is 0 Å². The smallest absolute Gasteiger partial charge is 0.249 e. The molecule has 0 aliphatic heterocycles. The van der Waals surface area contributed by atoms with Crippen molar-refractivity contribution in [3.05, 3.63) is 28.2 Å². The van der Waals surface area contributed by atoms with Gasteiger partial charge >= 0.3 is 0 Å². The number of carbonyl (C=O) groups is 1. The molecule has 7 heteroatoms. The van der Waals surface area contributed by atoms with Gasteiger partial charge in [-0.3, -0.25) is 4.79 Å². The zero-order valence-electron chi connectivity index (χ0n) is 7.39. The summed E-state index contributed by atoms with van der Waals surface area (Å²) in [6.45, 7) is 0. The summed E-state index contributed by atoms with van der Waals surface area (Å²) in [6, 6.07) is 1.21. The van der Waals surface area contributed by atoms with Gasteiger partial charge in [-0.15, -0.1) is 0 Å². The van der Waals surface area contributed by atoms with Crippen LogP contribution in [-0.4, -0.2) is 27.2 Å². The van der Waals surface area contributed by atoms with E-state index in [9.17, 15) is 14.3 Å². The molecule has 1 aromatic rings. The Bertz CT molecular complexity index is 388. The number of halogens is 2. The number of aliphatic hydroxyl groups is 2. The van der Waals surface area contributed by atoms with E-state index in [4.69, 9.17) is 10.8 Å². The number of primary amides is 1. The summed E-state index contributed by atoms with van der Waals surface area (Å²) in [5.41, 5.74) is 4.46. The number of hydrogen-bond donors (Lipinski definition) is 3. The van der Waals surface area contributed by atoms with E-state index in [-0.39, 0.29) is 5.56 Å². The Morgan fingerprint density at radius 3 is 2.73 bits per heavy atom. The van der Waals surface area contributed by atoms with Crippen molar-refractivity contribution >= 4 is 21.8 Å². The highest BCUT2D eigenvalue weighted by atomic mass is 79.9. The third-order valence-corrected chi connectivity index (χ3v) is 2.18. The molecule has 0 aliphatic carbocycles. The fourth-order valence-corrected chi connectivity index (χ4v) is 1.32. The quantitative estimate of drug-likeness (QED) is 0.671. The molecule has 82 valence electrons. The zero-order chi connectivity index (χ0) is 11.6. The van der Waals surface area contributed by atoms with Crippen molar-refractivity contribution in [1.29, 1.82) is 0 Å². The molecule has 0 saturated heterocycles. The summed E-state index contributed by atoms with van der Waals surface area (Å²) in [7, 11) is 0. The van der Waals surface area contributed by atoms with Crippen LogP contribution in [0.25, 0.3) is 0 Å². The maximum Gasteiger partial charge on any atom is 0.249 e. The number of nitrogens with two attached hydrogens (primary N) is 1. The van der Waals surface area contributed by atoms with E-state index in [2.05, 4.69) is 20.9 Å². The van der Waals surface area contributed by atoms with E-state index in [1.54, 1.807) is 0 Å². The molecule has 1 amide bonds. The molecule has 0 saturated carbocycles. The lowest BCUT2D eigenvalue weighted by Crippen LogP contribution is -2.34. The highest BCUT2D eigenvalue weighted by Gasteiger charge is 2.26. The van der Waals surface area contributed by atoms with E-state index in [1.807, 2.05) is 0 Å². The minimum absolute atomic E-state index is 0.296. The molecular formula is C8H8BrFN2O3. The van der Waals surface area contributed by atoms with E-state index in [0.717, 1.165) is 0 Å². The average Bonchev–Trinajstić information content (AvgIpc) is 2.19. The zero-order valence-corrected chi connectivity index (χ0v) is 8.98. The van der Waals surface area contributed by atoms with Gasteiger partial charge in [-0.1, -0.05) is 0 Å². The highest BCUT2D eigenvalue weighted by Crippen LogP contribution is 2.22. The van der Waals surface area contributed by atoms with Gasteiger partial charge in [-0.25, -0.2) is 4.98 Å². The lowest BCUT2D eigenvalue weighted by molar-refractivity contribution is -0.132. The first-order valence-corrected chi connectivity index (χ1v) is 4.69. The van der Waals surface area contributed by atoms with Crippen molar-refractivity contribution in [1.82, 2.24) is 4.98 Å². The van der Waals surface area contributed by atoms with Crippen LogP contribution in [-0.2, 0) is 4.79 Å². The summed E-state index contributed by atoms with van der Waals surface area (Å²) >= 11 is 3.01. The van der Waals surface area contributed by atoms with E-state index < -0.39 is 24.1 Å². The number of pyridine rings is 1. The maximum absolute atomic E-state index is 13.1. The van der Waals surface area contributed by atoms with Crippen LogP contribution < -0.4 is 5.73 Å². The second-order valence-electron chi connectivity index (χ2n) is 2.83. The topological polar surface area (TPSA) is 96.4 Å². The molecule has 1 heterocycles. The third kappa shape index (κ3) is 2.71. The van der Waals surface area contributed by atoms with Crippen LogP contribution in [0.2, 0.25) is 0 Å². The van der Waals surface area contributed by atoms with Crippen LogP contribution in [0.1, 0.15) is 11.7 Å². The average molecular weight is 279 g/mol. The van der Waals surface area contributed by atoms with Crippen molar-refractivity contribution in [2.45, 2.75) is 12.2 Å². The van der Waals surface area contributed by atoms with Crippen LogP contribution >= 0.6 is 15.9 Å². The van der Waals surface area contributed by atoms with E-state index >= 15 is 0 Å². The van der Waals surface area contributed by atoms with Gasteiger partial charge in [0.1, 0.15) is 6.10 Å². The predicted octanol–water partition coefficient (Wildman–Crippen LogP) is -0.137.